The normalized spacial score (nSPS) is 17.6. The lowest BCUT2D eigenvalue weighted by Crippen LogP contribution is -2.39. The first-order chi connectivity index (χ1) is 11.6. The van der Waals surface area contributed by atoms with Crippen LogP contribution in [0.2, 0.25) is 0 Å². The molecule has 0 aliphatic carbocycles. The second-order valence-corrected chi connectivity index (χ2v) is 7.17. The molecule has 4 rings (SSSR count). The molecule has 0 spiro atoms. The predicted molar refractivity (Wildman–Crippen MR) is 94.6 cm³/mol. The number of carbonyl (C=O) groups excluding carboxylic acids is 1. The zero-order valence-electron chi connectivity index (χ0n) is 13.6. The van der Waals surface area contributed by atoms with Crippen LogP contribution in [0.5, 0.6) is 0 Å². The maximum absolute atomic E-state index is 12.7. The third-order valence-corrected chi connectivity index (χ3v) is 5.33. The van der Waals surface area contributed by atoms with Gasteiger partial charge in [0.25, 0.3) is 6.01 Å². The van der Waals surface area contributed by atoms with E-state index in [4.69, 9.17) is 4.42 Å². The number of nitrogens with zero attached hydrogens (tertiary/aromatic N) is 3. The van der Waals surface area contributed by atoms with Crippen LogP contribution in [0.1, 0.15) is 23.4 Å². The summed E-state index contributed by atoms with van der Waals surface area (Å²) in [7, 11) is 0. The molecule has 6 nitrogen and oxygen atoms in total. The molecule has 7 heteroatoms. The average molecular weight is 342 g/mol. The van der Waals surface area contributed by atoms with E-state index >= 15 is 0 Å². The van der Waals surface area contributed by atoms with E-state index in [2.05, 4.69) is 15.3 Å². The van der Waals surface area contributed by atoms with Crippen LogP contribution < -0.4 is 10.2 Å². The Labute approximate surface area is 143 Å². The predicted octanol–water partition coefficient (Wildman–Crippen LogP) is 3.51. The smallest absolute Gasteiger partial charge is 0.299 e. The van der Waals surface area contributed by atoms with Gasteiger partial charge >= 0.3 is 0 Å². The summed E-state index contributed by atoms with van der Waals surface area (Å²) in [6.45, 7) is 4.71. The number of hydrogen-bond donors (Lipinski definition) is 1. The molecule has 1 aliphatic rings. The lowest BCUT2D eigenvalue weighted by Gasteiger charge is -2.21. The lowest BCUT2D eigenvalue weighted by molar-refractivity contribution is -0.117. The van der Waals surface area contributed by atoms with E-state index in [9.17, 15) is 4.79 Å². The molecule has 3 heterocycles. The van der Waals surface area contributed by atoms with E-state index in [1.165, 1.54) is 11.3 Å². The highest BCUT2D eigenvalue weighted by molar-refractivity contribution is 7.15. The average Bonchev–Trinajstić information content (AvgIpc) is 3.26. The zero-order valence-corrected chi connectivity index (χ0v) is 14.4. The van der Waals surface area contributed by atoms with Gasteiger partial charge in [-0.05, 0) is 38.8 Å². The van der Waals surface area contributed by atoms with Gasteiger partial charge in [0.05, 0.1) is 5.69 Å². The van der Waals surface area contributed by atoms with Crippen LogP contribution in [0.3, 0.4) is 0 Å². The Morgan fingerprint density at radius 3 is 2.92 bits per heavy atom. The van der Waals surface area contributed by atoms with Crippen molar-refractivity contribution >= 4 is 39.5 Å². The van der Waals surface area contributed by atoms with Crippen molar-refractivity contribution in [1.82, 2.24) is 9.97 Å². The highest BCUT2D eigenvalue weighted by atomic mass is 32.1. The number of fused-ring (bicyclic) bond motifs is 1. The number of nitrogens with one attached hydrogen (secondary N) is 1. The molecule has 24 heavy (non-hydrogen) atoms. The van der Waals surface area contributed by atoms with Crippen LogP contribution in [0.25, 0.3) is 11.1 Å². The van der Waals surface area contributed by atoms with Crippen molar-refractivity contribution < 1.29 is 9.21 Å². The van der Waals surface area contributed by atoms with Gasteiger partial charge in [-0.25, -0.2) is 4.98 Å². The van der Waals surface area contributed by atoms with E-state index in [0.29, 0.717) is 11.1 Å². The summed E-state index contributed by atoms with van der Waals surface area (Å²) in [5.74, 6) is -0.0523. The van der Waals surface area contributed by atoms with E-state index in [-0.39, 0.29) is 11.9 Å². The van der Waals surface area contributed by atoms with Crippen molar-refractivity contribution in [2.45, 2.75) is 32.7 Å². The summed E-state index contributed by atoms with van der Waals surface area (Å²) in [5, 5.41) is 3.59. The van der Waals surface area contributed by atoms with Crippen LogP contribution >= 0.6 is 11.3 Å². The van der Waals surface area contributed by atoms with Crippen LogP contribution in [-0.4, -0.2) is 28.5 Å². The topological polar surface area (TPSA) is 71.3 Å². The Bertz CT molecular complexity index is 849. The van der Waals surface area contributed by atoms with Gasteiger partial charge in [-0.15, -0.1) is 11.3 Å². The summed E-state index contributed by atoms with van der Waals surface area (Å²) in [4.78, 5) is 24.6. The minimum Gasteiger partial charge on any atom is -0.423 e. The number of thiazole rings is 1. The number of hydrogen-bond acceptors (Lipinski definition) is 6. The van der Waals surface area contributed by atoms with Crippen molar-refractivity contribution in [3.8, 4) is 0 Å². The van der Waals surface area contributed by atoms with E-state index in [1.807, 2.05) is 43.0 Å². The third-order valence-electron chi connectivity index (χ3n) is 4.34. The van der Waals surface area contributed by atoms with Gasteiger partial charge in [-0.1, -0.05) is 12.1 Å². The Hall–Kier alpha value is -2.41. The maximum atomic E-state index is 12.7. The molecule has 2 aromatic heterocycles. The number of oxazole rings is 1. The van der Waals surface area contributed by atoms with Crippen LogP contribution in [0.15, 0.2) is 28.7 Å². The van der Waals surface area contributed by atoms with E-state index in [0.717, 1.165) is 41.1 Å². The molecule has 1 unspecified atom stereocenters. The second-order valence-electron chi connectivity index (χ2n) is 5.97. The first kappa shape index (κ1) is 15.1. The highest BCUT2D eigenvalue weighted by Gasteiger charge is 2.34. The number of benzene rings is 1. The fourth-order valence-electron chi connectivity index (χ4n) is 2.97. The molecule has 1 atom stereocenters. The molecule has 1 aliphatic heterocycles. The summed E-state index contributed by atoms with van der Waals surface area (Å²) in [6, 6.07) is 7.88. The molecule has 1 N–H and O–H groups in total. The minimum atomic E-state index is -0.275. The highest BCUT2D eigenvalue weighted by Crippen LogP contribution is 2.29. The Balaban J connectivity index is 1.56. The molecule has 0 saturated carbocycles. The van der Waals surface area contributed by atoms with Gasteiger partial charge in [0.15, 0.2) is 10.7 Å². The number of rotatable bonds is 3. The second kappa shape index (κ2) is 5.90. The quantitative estimate of drug-likeness (QED) is 0.789. The molecule has 0 bridgehead atoms. The standard InChI is InChI=1S/C17H18N4O2S/c1-10-11(2)24-16(18-10)20-15(22)13-7-5-9-21(13)17-19-12-6-3-4-8-14(12)23-17/h3-4,6,8,13H,5,7,9H2,1-2H3,(H,18,20,22). The van der Waals surface area contributed by atoms with Gasteiger partial charge in [0.1, 0.15) is 11.6 Å². The SMILES string of the molecule is Cc1nc(NC(=O)C2CCCN2c2nc3ccccc3o2)sc1C. The Morgan fingerprint density at radius 1 is 1.33 bits per heavy atom. The number of carbonyl (C=O) groups is 1. The molecular formula is C17H18N4O2S. The van der Waals surface area contributed by atoms with Gasteiger partial charge in [-0.2, -0.15) is 4.98 Å². The Morgan fingerprint density at radius 2 is 2.17 bits per heavy atom. The van der Waals surface area contributed by atoms with Gasteiger partial charge in [-0.3, -0.25) is 4.79 Å². The van der Waals surface area contributed by atoms with E-state index in [1.54, 1.807) is 0 Å². The number of para-hydroxylation sites is 2. The summed E-state index contributed by atoms with van der Waals surface area (Å²) in [6.07, 6.45) is 1.72. The summed E-state index contributed by atoms with van der Waals surface area (Å²) >= 11 is 1.50. The van der Waals surface area contributed by atoms with Crippen molar-refractivity contribution in [3.05, 3.63) is 34.8 Å². The fourth-order valence-corrected chi connectivity index (χ4v) is 3.78. The number of anilines is 2. The third kappa shape index (κ3) is 2.65. The van der Waals surface area contributed by atoms with Crippen molar-refractivity contribution in [2.24, 2.45) is 0 Å². The van der Waals surface area contributed by atoms with E-state index < -0.39 is 0 Å². The summed E-state index contributed by atoms with van der Waals surface area (Å²) < 4.78 is 5.83. The first-order valence-electron chi connectivity index (χ1n) is 7.99. The largest absolute Gasteiger partial charge is 0.423 e. The van der Waals surface area contributed by atoms with Crippen molar-refractivity contribution in [2.75, 3.05) is 16.8 Å². The lowest BCUT2D eigenvalue weighted by atomic mass is 10.2. The van der Waals surface area contributed by atoms with Crippen LogP contribution in [-0.2, 0) is 4.79 Å². The summed E-state index contributed by atoms with van der Waals surface area (Å²) in [5.41, 5.74) is 2.51. The van der Waals surface area contributed by atoms with Gasteiger partial charge in [0, 0.05) is 11.4 Å². The maximum Gasteiger partial charge on any atom is 0.299 e. The van der Waals surface area contributed by atoms with Crippen molar-refractivity contribution in [1.29, 1.82) is 0 Å². The van der Waals surface area contributed by atoms with Crippen molar-refractivity contribution in [3.63, 3.8) is 0 Å². The first-order valence-corrected chi connectivity index (χ1v) is 8.80. The minimum absolute atomic E-state index is 0.0523. The van der Waals surface area contributed by atoms with Gasteiger partial charge in [0.2, 0.25) is 5.91 Å². The molecular weight excluding hydrogens is 324 g/mol. The number of amides is 1. The Kier molecular flexibility index (Phi) is 3.72. The molecule has 124 valence electrons. The molecule has 3 aromatic rings. The zero-order chi connectivity index (χ0) is 16.7. The van der Waals surface area contributed by atoms with Crippen LogP contribution in [0.4, 0.5) is 11.1 Å². The number of aryl methyl sites for hydroxylation is 2. The molecule has 1 saturated heterocycles. The number of aromatic nitrogens is 2. The van der Waals surface area contributed by atoms with Crippen LogP contribution in [0, 0.1) is 13.8 Å². The molecule has 1 aromatic carbocycles. The monoisotopic (exact) mass is 342 g/mol. The molecule has 1 amide bonds. The molecule has 1 fully saturated rings. The van der Waals surface area contributed by atoms with Gasteiger partial charge < -0.3 is 14.6 Å². The fraction of sp³-hybridized carbons (Fsp3) is 0.353. The molecule has 0 radical (unpaired) electrons.